The number of rotatable bonds is 4. The van der Waals surface area contributed by atoms with Crippen LogP contribution in [0.1, 0.15) is 28.8 Å². The zero-order chi connectivity index (χ0) is 18.1. The second kappa shape index (κ2) is 6.87. The van der Waals surface area contributed by atoms with E-state index in [1.807, 2.05) is 31.2 Å². The van der Waals surface area contributed by atoms with Gasteiger partial charge >= 0.3 is 0 Å². The van der Waals surface area contributed by atoms with Crippen LogP contribution in [0, 0.1) is 13.8 Å². The van der Waals surface area contributed by atoms with Crippen LogP contribution >= 0.6 is 0 Å². The summed E-state index contributed by atoms with van der Waals surface area (Å²) in [5.74, 6) is 0.666. The number of carbonyl (C=O) groups is 1. The van der Waals surface area contributed by atoms with E-state index in [0.29, 0.717) is 0 Å². The molecule has 1 heterocycles. The lowest BCUT2D eigenvalue weighted by Gasteiger charge is -2.23. The summed E-state index contributed by atoms with van der Waals surface area (Å²) >= 11 is 0. The van der Waals surface area contributed by atoms with E-state index in [1.54, 1.807) is 0 Å². The zero-order valence-corrected chi connectivity index (χ0v) is 15.3. The molecule has 134 valence electrons. The Morgan fingerprint density at radius 2 is 1.92 bits per heavy atom. The Hall–Kier alpha value is -2.75. The molecule has 0 spiro atoms. The molecule has 0 saturated carbocycles. The van der Waals surface area contributed by atoms with Crippen molar-refractivity contribution >= 4 is 16.8 Å². The first-order valence-electron chi connectivity index (χ1n) is 9.17. The van der Waals surface area contributed by atoms with Crippen molar-refractivity contribution in [1.82, 2.24) is 10.3 Å². The van der Waals surface area contributed by atoms with E-state index in [-0.39, 0.29) is 18.6 Å². The summed E-state index contributed by atoms with van der Waals surface area (Å²) < 4.78 is 5.59. The number of carbonyl (C=O) groups excluding carboxylic acids is 1. The Labute approximate surface area is 153 Å². The Morgan fingerprint density at radius 1 is 1.15 bits per heavy atom. The van der Waals surface area contributed by atoms with Crippen LogP contribution in [0.4, 0.5) is 0 Å². The molecule has 1 atom stereocenters. The van der Waals surface area contributed by atoms with Crippen molar-refractivity contribution in [3.05, 3.63) is 64.8 Å². The lowest BCUT2D eigenvalue weighted by molar-refractivity contribution is -0.123. The maximum atomic E-state index is 12.3. The van der Waals surface area contributed by atoms with Crippen molar-refractivity contribution in [2.75, 3.05) is 6.61 Å². The van der Waals surface area contributed by atoms with Crippen molar-refractivity contribution in [3.63, 3.8) is 0 Å². The molecule has 3 aromatic rings. The normalized spacial score (nSPS) is 16.3. The lowest BCUT2D eigenvalue weighted by atomic mass is 9.91. The predicted molar refractivity (Wildman–Crippen MR) is 104 cm³/mol. The van der Waals surface area contributed by atoms with Gasteiger partial charge < -0.3 is 15.0 Å². The molecule has 1 unspecified atom stereocenters. The number of H-pyrrole nitrogens is 1. The van der Waals surface area contributed by atoms with Crippen LogP contribution in [0.25, 0.3) is 10.9 Å². The third kappa shape index (κ3) is 3.45. The Kier molecular flexibility index (Phi) is 4.41. The molecular formula is C22H24N2O2. The highest BCUT2D eigenvalue weighted by atomic mass is 16.5. The maximum Gasteiger partial charge on any atom is 0.258 e. The highest BCUT2D eigenvalue weighted by molar-refractivity contribution is 5.86. The number of aromatic nitrogens is 1. The van der Waals surface area contributed by atoms with E-state index in [0.717, 1.165) is 25.0 Å². The van der Waals surface area contributed by atoms with Gasteiger partial charge in [-0.3, -0.25) is 4.79 Å². The van der Waals surface area contributed by atoms with Gasteiger partial charge in [-0.2, -0.15) is 0 Å². The van der Waals surface area contributed by atoms with Crippen LogP contribution in [-0.2, 0) is 17.6 Å². The third-order valence-corrected chi connectivity index (χ3v) is 5.10. The molecule has 0 saturated heterocycles. The standard InChI is InChI=1S/C22H24N2O2/c1-14-3-7-17(8-4-14)26-13-22(25)23-16-6-10-21-19(12-16)18-11-15(2)5-9-20(18)24-21/h3-5,7-9,11,16,24H,6,10,12-13H2,1-2H3,(H,23,25). The minimum atomic E-state index is -0.0601. The van der Waals surface area contributed by atoms with Gasteiger partial charge in [0, 0.05) is 22.6 Å². The summed E-state index contributed by atoms with van der Waals surface area (Å²) in [6.07, 6.45) is 2.79. The molecule has 0 bridgehead atoms. The molecule has 26 heavy (non-hydrogen) atoms. The van der Waals surface area contributed by atoms with E-state index < -0.39 is 0 Å². The van der Waals surface area contributed by atoms with Crippen molar-refractivity contribution < 1.29 is 9.53 Å². The predicted octanol–water partition coefficient (Wildman–Crippen LogP) is 3.84. The summed E-state index contributed by atoms with van der Waals surface area (Å²) in [6.45, 7) is 4.20. The van der Waals surface area contributed by atoms with Gasteiger partial charge in [-0.05, 0) is 62.9 Å². The molecule has 1 aliphatic carbocycles. The molecule has 0 aliphatic heterocycles. The molecule has 0 fully saturated rings. The number of nitrogens with one attached hydrogen (secondary N) is 2. The Morgan fingerprint density at radius 3 is 2.73 bits per heavy atom. The fourth-order valence-electron chi connectivity index (χ4n) is 3.71. The number of ether oxygens (including phenoxy) is 1. The number of fused-ring (bicyclic) bond motifs is 3. The second-order valence-electron chi connectivity index (χ2n) is 7.24. The summed E-state index contributed by atoms with van der Waals surface area (Å²) in [7, 11) is 0. The quantitative estimate of drug-likeness (QED) is 0.753. The smallest absolute Gasteiger partial charge is 0.258 e. The average Bonchev–Trinajstić information content (AvgIpc) is 2.98. The van der Waals surface area contributed by atoms with E-state index >= 15 is 0 Å². The van der Waals surface area contributed by atoms with Gasteiger partial charge in [0.25, 0.3) is 5.91 Å². The van der Waals surface area contributed by atoms with Gasteiger partial charge in [-0.1, -0.05) is 29.3 Å². The molecule has 1 aliphatic rings. The van der Waals surface area contributed by atoms with E-state index in [2.05, 4.69) is 35.4 Å². The fourth-order valence-corrected chi connectivity index (χ4v) is 3.71. The SMILES string of the molecule is Cc1ccc(OCC(=O)NC2CCc3[nH]c4ccc(C)cc4c3C2)cc1. The Bertz CT molecular complexity index is 941. The first kappa shape index (κ1) is 16.7. The van der Waals surface area contributed by atoms with E-state index in [4.69, 9.17) is 4.74 Å². The van der Waals surface area contributed by atoms with E-state index in [9.17, 15) is 4.79 Å². The third-order valence-electron chi connectivity index (χ3n) is 5.10. The monoisotopic (exact) mass is 348 g/mol. The minimum absolute atomic E-state index is 0.0550. The van der Waals surface area contributed by atoms with Crippen molar-refractivity contribution in [1.29, 1.82) is 0 Å². The molecule has 1 amide bonds. The summed E-state index contributed by atoms with van der Waals surface area (Å²) in [6, 6.07) is 14.4. The van der Waals surface area contributed by atoms with Crippen molar-refractivity contribution in [2.45, 2.75) is 39.2 Å². The van der Waals surface area contributed by atoms with E-state index in [1.165, 1.54) is 33.3 Å². The van der Waals surface area contributed by atoms with Crippen molar-refractivity contribution in [2.24, 2.45) is 0 Å². The molecule has 4 heteroatoms. The number of aryl methyl sites for hydroxylation is 3. The first-order chi connectivity index (χ1) is 12.6. The summed E-state index contributed by atoms with van der Waals surface area (Å²) in [4.78, 5) is 15.8. The minimum Gasteiger partial charge on any atom is -0.484 e. The van der Waals surface area contributed by atoms with Gasteiger partial charge in [-0.15, -0.1) is 0 Å². The van der Waals surface area contributed by atoms with Gasteiger partial charge in [0.2, 0.25) is 0 Å². The van der Waals surface area contributed by atoms with Gasteiger partial charge in [0.1, 0.15) is 5.75 Å². The number of hydrogen-bond acceptors (Lipinski definition) is 2. The largest absolute Gasteiger partial charge is 0.484 e. The van der Waals surface area contributed by atoms with Crippen LogP contribution in [0.15, 0.2) is 42.5 Å². The molecule has 0 radical (unpaired) electrons. The topological polar surface area (TPSA) is 54.1 Å². The first-order valence-corrected chi connectivity index (χ1v) is 9.17. The second-order valence-corrected chi connectivity index (χ2v) is 7.24. The fraction of sp³-hybridized carbons (Fsp3) is 0.318. The van der Waals surface area contributed by atoms with Gasteiger partial charge in [-0.25, -0.2) is 0 Å². The van der Waals surface area contributed by atoms with Crippen LogP contribution in [0.2, 0.25) is 0 Å². The molecule has 2 N–H and O–H groups in total. The number of amides is 1. The molecule has 4 rings (SSSR count). The molecule has 2 aromatic carbocycles. The number of benzene rings is 2. The average molecular weight is 348 g/mol. The van der Waals surface area contributed by atoms with Crippen LogP contribution < -0.4 is 10.1 Å². The van der Waals surface area contributed by atoms with Crippen LogP contribution in [0.5, 0.6) is 5.75 Å². The maximum absolute atomic E-state index is 12.3. The number of aromatic amines is 1. The molecule has 1 aromatic heterocycles. The van der Waals surface area contributed by atoms with Crippen molar-refractivity contribution in [3.8, 4) is 5.75 Å². The lowest BCUT2D eigenvalue weighted by Crippen LogP contribution is -2.41. The molecule has 4 nitrogen and oxygen atoms in total. The molecular weight excluding hydrogens is 324 g/mol. The number of hydrogen-bond donors (Lipinski definition) is 2. The van der Waals surface area contributed by atoms with Gasteiger partial charge in [0.15, 0.2) is 6.61 Å². The Balaban J connectivity index is 1.39. The summed E-state index contributed by atoms with van der Waals surface area (Å²) in [5.41, 5.74) is 6.28. The van der Waals surface area contributed by atoms with Gasteiger partial charge in [0.05, 0.1) is 0 Å². The zero-order valence-electron chi connectivity index (χ0n) is 15.3. The highest BCUT2D eigenvalue weighted by Crippen LogP contribution is 2.29. The van der Waals surface area contributed by atoms with Crippen LogP contribution in [0.3, 0.4) is 0 Å². The highest BCUT2D eigenvalue weighted by Gasteiger charge is 2.23. The summed E-state index contributed by atoms with van der Waals surface area (Å²) in [5, 5.41) is 4.42. The van der Waals surface area contributed by atoms with Crippen LogP contribution in [-0.4, -0.2) is 23.5 Å².